The fraction of sp³-hybridized carbons (Fsp3) is 0.278. The first-order valence-electron chi connectivity index (χ1n) is 6.94. The molecule has 0 spiro atoms. The Balaban J connectivity index is 2.11. The molecular weight excluding hydrogens is 264 g/mol. The Bertz CT molecular complexity index is 632. The van der Waals surface area contributed by atoms with Crippen molar-refractivity contribution in [2.45, 2.75) is 26.9 Å². The summed E-state index contributed by atoms with van der Waals surface area (Å²) in [5, 5.41) is 0. The monoisotopic (exact) mass is 284 g/mol. The first-order chi connectivity index (χ1) is 10.1. The van der Waals surface area contributed by atoms with E-state index in [4.69, 9.17) is 9.47 Å². The molecule has 2 aromatic rings. The van der Waals surface area contributed by atoms with Crippen LogP contribution in [0.1, 0.15) is 22.3 Å². The van der Waals surface area contributed by atoms with Gasteiger partial charge in [0, 0.05) is 0 Å². The lowest BCUT2D eigenvalue weighted by Gasteiger charge is -2.12. The Labute approximate surface area is 125 Å². The summed E-state index contributed by atoms with van der Waals surface area (Å²) in [6.07, 6.45) is 0.267. The second-order valence-electron chi connectivity index (χ2n) is 5.08. The Morgan fingerprint density at radius 3 is 2.43 bits per heavy atom. The van der Waals surface area contributed by atoms with E-state index in [0.29, 0.717) is 6.61 Å². The Morgan fingerprint density at radius 2 is 1.76 bits per heavy atom. The maximum Gasteiger partial charge on any atom is 0.309 e. The summed E-state index contributed by atoms with van der Waals surface area (Å²) in [6.45, 7) is 4.53. The lowest BCUT2D eigenvalue weighted by Crippen LogP contribution is -2.08. The van der Waals surface area contributed by atoms with Crippen molar-refractivity contribution in [1.82, 2.24) is 0 Å². The number of aryl methyl sites for hydroxylation is 2. The number of carbonyl (C=O) groups excluding carboxylic acids is 1. The largest absolute Gasteiger partial charge is 0.489 e. The van der Waals surface area contributed by atoms with Gasteiger partial charge < -0.3 is 9.47 Å². The molecule has 21 heavy (non-hydrogen) atoms. The quantitative estimate of drug-likeness (QED) is 0.787. The smallest absolute Gasteiger partial charge is 0.309 e. The summed E-state index contributed by atoms with van der Waals surface area (Å²) in [5.41, 5.74) is 4.27. The number of rotatable bonds is 5. The lowest BCUT2D eigenvalue weighted by atomic mass is 10.1. The van der Waals surface area contributed by atoms with E-state index >= 15 is 0 Å². The van der Waals surface area contributed by atoms with Crippen LogP contribution in [0.25, 0.3) is 0 Å². The van der Waals surface area contributed by atoms with E-state index in [1.807, 2.05) is 43.3 Å². The molecule has 0 saturated heterocycles. The van der Waals surface area contributed by atoms with E-state index in [1.54, 1.807) is 0 Å². The minimum Gasteiger partial charge on any atom is -0.489 e. The molecule has 0 radical (unpaired) electrons. The highest BCUT2D eigenvalue weighted by atomic mass is 16.5. The van der Waals surface area contributed by atoms with Crippen molar-refractivity contribution in [3.05, 3.63) is 64.7 Å². The molecule has 0 aliphatic rings. The topological polar surface area (TPSA) is 35.5 Å². The van der Waals surface area contributed by atoms with E-state index in [0.717, 1.165) is 22.4 Å². The van der Waals surface area contributed by atoms with Crippen molar-refractivity contribution in [1.29, 1.82) is 0 Å². The molecule has 0 amide bonds. The number of benzene rings is 2. The fourth-order valence-corrected chi connectivity index (χ4v) is 2.22. The Hall–Kier alpha value is -2.29. The molecule has 110 valence electrons. The van der Waals surface area contributed by atoms with Crippen LogP contribution in [0.3, 0.4) is 0 Å². The zero-order chi connectivity index (χ0) is 15.2. The van der Waals surface area contributed by atoms with Gasteiger partial charge in [-0.25, -0.2) is 0 Å². The first-order valence-corrected chi connectivity index (χ1v) is 6.94. The minimum atomic E-state index is -0.242. The van der Waals surface area contributed by atoms with Crippen LogP contribution in [0.4, 0.5) is 0 Å². The van der Waals surface area contributed by atoms with Crippen LogP contribution in [-0.2, 0) is 22.6 Å². The molecule has 0 aliphatic heterocycles. The van der Waals surface area contributed by atoms with Gasteiger partial charge in [0.05, 0.1) is 13.5 Å². The second-order valence-corrected chi connectivity index (χ2v) is 5.08. The van der Waals surface area contributed by atoms with Crippen molar-refractivity contribution in [2.24, 2.45) is 0 Å². The predicted molar refractivity (Wildman–Crippen MR) is 82.4 cm³/mol. The molecule has 2 rings (SSSR count). The average molecular weight is 284 g/mol. The SMILES string of the molecule is COC(=O)Cc1ccccc1COc1ccc(C)cc1C. The van der Waals surface area contributed by atoms with Gasteiger partial charge in [-0.3, -0.25) is 4.79 Å². The highest BCUT2D eigenvalue weighted by Crippen LogP contribution is 2.21. The molecule has 0 atom stereocenters. The van der Waals surface area contributed by atoms with Gasteiger partial charge in [0.15, 0.2) is 0 Å². The van der Waals surface area contributed by atoms with Crippen molar-refractivity contribution < 1.29 is 14.3 Å². The molecule has 0 fully saturated rings. The zero-order valence-electron chi connectivity index (χ0n) is 12.7. The summed E-state index contributed by atoms with van der Waals surface area (Å²) >= 11 is 0. The van der Waals surface area contributed by atoms with E-state index in [-0.39, 0.29) is 12.4 Å². The van der Waals surface area contributed by atoms with Gasteiger partial charge in [-0.05, 0) is 36.6 Å². The van der Waals surface area contributed by atoms with Crippen molar-refractivity contribution >= 4 is 5.97 Å². The molecule has 3 nitrogen and oxygen atoms in total. The Kier molecular flexibility index (Phi) is 4.99. The van der Waals surface area contributed by atoms with Crippen LogP contribution < -0.4 is 4.74 Å². The fourth-order valence-electron chi connectivity index (χ4n) is 2.22. The van der Waals surface area contributed by atoms with Crippen LogP contribution in [0.15, 0.2) is 42.5 Å². The van der Waals surface area contributed by atoms with Gasteiger partial charge in [-0.2, -0.15) is 0 Å². The van der Waals surface area contributed by atoms with Crippen LogP contribution in [0.5, 0.6) is 5.75 Å². The zero-order valence-corrected chi connectivity index (χ0v) is 12.7. The van der Waals surface area contributed by atoms with E-state index in [1.165, 1.54) is 12.7 Å². The summed E-state index contributed by atoms with van der Waals surface area (Å²) in [6, 6.07) is 13.9. The molecule has 0 unspecified atom stereocenters. The van der Waals surface area contributed by atoms with E-state index in [2.05, 4.69) is 13.0 Å². The van der Waals surface area contributed by atoms with Crippen LogP contribution in [-0.4, -0.2) is 13.1 Å². The number of hydrogen-bond donors (Lipinski definition) is 0. The summed E-state index contributed by atoms with van der Waals surface area (Å²) in [7, 11) is 1.40. The van der Waals surface area contributed by atoms with Gasteiger partial charge in [0.1, 0.15) is 12.4 Å². The predicted octanol–water partition coefficient (Wildman–Crippen LogP) is 3.60. The van der Waals surface area contributed by atoms with E-state index < -0.39 is 0 Å². The molecule has 0 heterocycles. The summed E-state index contributed by atoms with van der Waals surface area (Å²) in [5.74, 6) is 0.627. The number of ether oxygens (including phenoxy) is 2. The molecule has 0 N–H and O–H groups in total. The van der Waals surface area contributed by atoms with Gasteiger partial charge in [-0.1, -0.05) is 42.0 Å². The number of esters is 1. The number of hydrogen-bond acceptors (Lipinski definition) is 3. The normalized spacial score (nSPS) is 10.2. The van der Waals surface area contributed by atoms with Gasteiger partial charge in [0.2, 0.25) is 0 Å². The second kappa shape index (κ2) is 6.93. The van der Waals surface area contributed by atoms with Crippen LogP contribution in [0, 0.1) is 13.8 Å². The molecule has 2 aromatic carbocycles. The third-order valence-electron chi connectivity index (χ3n) is 3.39. The molecule has 3 heteroatoms. The number of methoxy groups -OCH3 is 1. The maximum atomic E-state index is 11.4. The molecule has 0 aliphatic carbocycles. The third kappa shape index (κ3) is 4.09. The van der Waals surface area contributed by atoms with Crippen LogP contribution >= 0.6 is 0 Å². The molecule has 0 saturated carbocycles. The minimum absolute atomic E-state index is 0.242. The third-order valence-corrected chi connectivity index (χ3v) is 3.39. The highest BCUT2D eigenvalue weighted by Gasteiger charge is 2.09. The van der Waals surface area contributed by atoms with Gasteiger partial charge >= 0.3 is 5.97 Å². The molecule has 0 bridgehead atoms. The summed E-state index contributed by atoms with van der Waals surface area (Å²) < 4.78 is 10.6. The van der Waals surface area contributed by atoms with Crippen LogP contribution in [0.2, 0.25) is 0 Å². The van der Waals surface area contributed by atoms with Crippen molar-refractivity contribution in [2.75, 3.05) is 7.11 Å². The summed E-state index contributed by atoms with van der Waals surface area (Å²) in [4.78, 5) is 11.4. The van der Waals surface area contributed by atoms with Crippen molar-refractivity contribution in [3.8, 4) is 5.75 Å². The maximum absolute atomic E-state index is 11.4. The standard InChI is InChI=1S/C18H20O3/c1-13-8-9-17(14(2)10-13)21-12-16-7-5-4-6-15(16)11-18(19)20-3/h4-10H,11-12H2,1-3H3. The first kappa shape index (κ1) is 15.1. The number of carbonyl (C=O) groups is 1. The molecular formula is C18H20O3. The highest BCUT2D eigenvalue weighted by molar-refractivity contribution is 5.72. The lowest BCUT2D eigenvalue weighted by molar-refractivity contribution is -0.139. The van der Waals surface area contributed by atoms with Gasteiger partial charge in [0.25, 0.3) is 0 Å². The Morgan fingerprint density at radius 1 is 1.05 bits per heavy atom. The van der Waals surface area contributed by atoms with Crippen molar-refractivity contribution in [3.63, 3.8) is 0 Å². The van der Waals surface area contributed by atoms with Gasteiger partial charge in [-0.15, -0.1) is 0 Å². The van der Waals surface area contributed by atoms with E-state index in [9.17, 15) is 4.79 Å². The average Bonchev–Trinajstić information content (AvgIpc) is 2.47. The molecule has 0 aromatic heterocycles.